The molecule has 1 aliphatic heterocycles. The van der Waals surface area contributed by atoms with E-state index in [-0.39, 0.29) is 23.6 Å². The third-order valence-corrected chi connectivity index (χ3v) is 6.92. The van der Waals surface area contributed by atoms with Crippen molar-refractivity contribution in [2.24, 2.45) is 11.7 Å². The number of nitrogens with zero attached hydrogens (tertiary/aromatic N) is 1. The highest BCUT2D eigenvalue weighted by atomic mass is 35.5. The van der Waals surface area contributed by atoms with Gasteiger partial charge in [-0.15, -0.1) is 11.3 Å². The number of nitrogens with two attached hydrogens (primary N) is 1. The van der Waals surface area contributed by atoms with E-state index in [9.17, 15) is 19.2 Å². The van der Waals surface area contributed by atoms with Crippen molar-refractivity contribution in [1.82, 2.24) is 10.2 Å². The Hall–Kier alpha value is -2.91. The average Bonchev–Trinajstić information content (AvgIpc) is 3.19. The largest absolute Gasteiger partial charge is 0.369 e. The minimum absolute atomic E-state index is 0.115. The molecule has 33 heavy (non-hydrogen) atoms. The van der Waals surface area contributed by atoms with Gasteiger partial charge in [0.25, 0.3) is 11.8 Å². The molecule has 4 N–H and O–H groups in total. The van der Waals surface area contributed by atoms with Gasteiger partial charge in [0.2, 0.25) is 11.8 Å². The van der Waals surface area contributed by atoms with Crippen molar-refractivity contribution >= 4 is 52.3 Å². The van der Waals surface area contributed by atoms with Crippen LogP contribution in [0.4, 0.5) is 5.69 Å². The van der Waals surface area contributed by atoms with Crippen molar-refractivity contribution in [2.75, 3.05) is 18.4 Å². The molecule has 1 aromatic carbocycles. The number of hydrogen-bond donors (Lipinski definition) is 3. The molecule has 0 saturated carbocycles. The normalized spacial score (nSPS) is 14.6. The summed E-state index contributed by atoms with van der Waals surface area (Å²) in [5.41, 5.74) is 5.95. The fraction of sp³-hybridized carbons (Fsp3) is 0.391. The molecule has 0 bridgehead atoms. The molecule has 0 spiro atoms. The van der Waals surface area contributed by atoms with E-state index in [0.29, 0.717) is 52.0 Å². The first-order valence-corrected chi connectivity index (χ1v) is 11.8. The lowest BCUT2D eigenvalue weighted by molar-refractivity contribution is -0.123. The Morgan fingerprint density at radius 3 is 2.33 bits per heavy atom. The van der Waals surface area contributed by atoms with Gasteiger partial charge in [0.05, 0.1) is 9.21 Å². The SMILES string of the molecule is Cc1cc(NC(=O)C(C)(C)NC(=O)c2ccc(Cl)s2)ccc1C(=O)N1CCC(C(N)=O)CC1. The number of carbonyl (C=O) groups is 4. The average molecular weight is 491 g/mol. The highest BCUT2D eigenvalue weighted by Crippen LogP contribution is 2.24. The van der Waals surface area contributed by atoms with Gasteiger partial charge in [0, 0.05) is 30.3 Å². The summed E-state index contributed by atoms with van der Waals surface area (Å²) in [5, 5.41) is 5.51. The second-order valence-electron chi connectivity index (χ2n) is 8.64. The Morgan fingerprint density at radius 1 is 1.12 bits per heavy atom. The van der Waals surface area contributed by atoms with Gasteiger partial charge in [-0.05, 0) is 69.5 Å². The van der Waals surface area contributed by atoms with Gasteiger partial charge in [-0.2, -0.15) is 0 Å². The molecule has 1 fully saturated rings. The third kappa shape index (κ3) is 5.91. The molecule has 1 aromatic heterocycles. The van der Waals surface area contributed by atoms with E-state index in [1.807, 2.05) is 0 Å². The number of nitrogens with one attached hydrogen (secondary N) is 2. The van der Waals surface area contributed by atoms with Crippen molar-refractivity contribution in [3.63, 3.8) is 0 Å². The van der Waals surface area contributed by atoms with E-state index in [1.165, 1.54) is 0 Å². The fourth-order valence-electron chi connectivity index (χ4n) is 3.64. The number of piperidine rings is 1. The van der Waals surface area contributed by atoms with Gasteiger partial charge in [-0.3, -0.25) is 19.2 Å². The molecule has 10 heteroatoms. The number of likely N-dealkylation sites (tertiary alicyclic amines) is 1. The molecular formula is C23H27ClN4O4S. The summed E-state index contributed by atoms with van der Waals surface area (Å²) in [5.74, 6) is -1.41. The van der Waals surface area contributed by atoms with Crippen molar-refractivity contribution in [2.45, 2.75) is 39.2 Å². The van der Waals surface area contributed by atoms with Gasteiger partial charge in [0.1, 0.15) is 5.54 Å². The fourth-order valence-corrected chi connectivity index (χ4v) is 4.58. The minimum Gasteiger partial charge on any atom is -0.369 e. The highest BCUT2D eigenvalue weighted by molar-refractivity contribution is 7.18. The van der Waals surface area contributed by atoms with Gasteiger partial charge in [-0.25, -0.2) is 0 Å². The standard InChI is InChI=1S/C23H27ClN4O4S/c1-13-12-15(4-5-16(13)21(31)28-10-8-14(9-11-28)19(25)29)26-22(32)23(2,3)27-20(30)17-6-7-18(24)33-17/h4-7,12,14H,8-11H2,1-3H3,(H2,25,29)(H,26,32)(H,27,30). The number of anilines is 1. The quantitative estimate of drug-likeness (QED) is 0.575. The topological polar surface area (TPSA) is 122 Å². The van der Waals surface area contributed by atoms with E-state index < -0.39 is 11.4 Å². The Kier molecular flexibility index (Phi) is 7.44. The van der Waals surface area contributed by atoms with Crippen LogP contribution in [-0.4, -0.2) is 47.2 Å². The third-order valence-electron chi connectivity index (χ3n) is 5.69. The van der Waals surface area contributed by atoms with Crippen LogP contribution in [0.15, 0.2) is 30.3 Å². The molecule has 1 saturated heterocycles. The van der Waals surface area contributed by atoms with Crippen molar-refractivity contribution in [1.29, 1.82) is 0 Å². The number of carbonyl (C=O) groups excluding carboxylic acids is 4. The number of benzene rings is 1. The zero-order chi connectivity index (χ0) is 24.3. The Bertz CT molecular complexity index is 1090. The summed E-state index contributed by atoms with van der Waals surface area (Å²) in [7, 11) is 0. The number of thiophene rings is 1. The van der Waals surface area contributed by atoms with Crippen LogP contribution in [0.2, 0.25) is 4.34 Å². The Balaban J connectivity index is 1.63. The molecule has 0 radical (unpaired) electrons. The van der Waals surface area contributed by atoms with Crippen LogP contribution in [0.25, 0.3) is 0 Å². The summed E-state index contributed by atoms with van der Waals surface area (Å²) in [6.45, 7) is 5.97. The van der Waals surface area contributed by atoms with Crippen molar-refractivity contribution in [3.05, 3.63) is 50.7 Å². The molecule has 1 aliphatic rings. The van der Waals surface area contributed by atoms with E-state index >= 15 is 0 Å². The predicted molar refractivity (Wildman–Crippen MR) is 129 cm³/mol. The molecular weight excluding hydrogens is 464 g/mol. The van der Waals surface area contributed by atoms with E-state index in [2.05, 4.69) is 10.6 Å². The maximum atomic E-state index is 12.9. The van der Waals surface area contributed by atoms with Crippen LogP contribution >= 0.6 is 22.9 Å². The molecule has 0 unspecified atom stereocenters. The molecule has 0 atom stereocenters. The number of hydrogen-bond acceptors (Lipinski definition) is 5. The van der Waals surface area contributed by atoms with E-state index in [4.69, 9.17) is 17.3 Å². The molecule has 8 nitrogen and oxygen atoms in total. The summed E-state index contributed by atoms with van der Waals surface area (Å²) in [6.07, 6.45) is 1.12. The number of primary amides is 1. The number of amides is 4. The van der Waals surface area contributed by atoms with Crippen LogP contribution in [0.3, 0.4) is 0 Å². The Labute approximate surface area is 201 Å². The molecule has 2 heterocycles. The zero-order valence-corrected chi connectivity index (χ0v) is 20.3. The Morgan fingerprint density at radius 2 is 1.79 bits per heavy atom. The van der Waals surface area contributed by atoms with Crippen LogP contribution in [-0.2, 0) is 9.59 Å². The van der Waals surface area contributed by atoms with Gasteiger partial charge in [0.15, 0.2) is 0 Å². The lowest BCUT2D eigenvalue weighted by Gasteiger charge is -2.31. The smallest absolute Gasteiger partial charge is 0.262 e. The van der Waals surface area contributed by atoms with E-state index in [1.54, 1.807) is 56.0 Å². The molecule has 4 amide bonds. The first-order chi connectivity index (χ1) is 15.5. The maximum absolute atomic E-state index is 12.9. The predicted octanol–water partition coefficient (Wildman–Crippen LogP) is 3.19. The maximum Gasteiger partial charge on any atom is 0.262 e. The van der Waals surface area contributed by atoms with Crippen LogP contribution in [0.1, 0.15) is 52.3 Å². The first kappa shape index (κ1) is 24.7. The van der Waals surface area contributed by atoms with E-state index in [0.717, 1.165) is 11.3 Å². The summed E-state index contributed by atoms with van der Waals surface area (Å²) < 4.78 is 0.491. The number of halogens is 1. The lowest BCUT2D eigenvalue weighted by atomic mass is 9.95. The molecule has 0 aliphatic carbocycles. The summed E-state index contributed by atoms with van der Waals surface area (Å²) in [4.78, 5) is 51.6. The highest BCUT2D eigenvalue weighted by Gasteiger charge is 2.31. The van der Waals surface area contributed by atoms with Crippen LogP contribution < -0.4 is 16.4 Å². The van der Waals surface area contributed by atoms with Crippen molar-refractivity contribution < 1.29 is 19.2 Å². The zero-order valence-electron chi connectivity index (χ0n) is 18.7. The molecule has 176 valence electrons. The van der Waals surface area contributed by atoms with Gasteiger partial charge in [-0.1, -0.05) is 11.6 Å². The second-order valence-corrected chi connectivity index (χ2v) is 10.4. The molecule has 2 aromatic rings. The summed E-state index contributed by atoms with van der Waals surface area (Å²) >= 11 is 7.01. The van der Waals surface area contributed by atoms with Gasteiger partial charge < -0.3 is 21.3 Å². The molecule has 3 rings (SSSR count). The second kappa shape index (κ2) is 9.93. The minimum atomic E-state index is -1.18. The first-order valence-electron chi connectivity index (χ1n) is 10.6. The number of aryl methyl sites for hydroxylation is 1. The summed E-state index contributed by atoms with van der Waals surface area (Å²) in [6, 6.07) is 8.28. The van der Waals surface area contributed by atoms with Gasteiger partial charge >= 0.3 is 0 Å². The van der Waals surface area contributed by atoms with Crippen molar-refractivity contribution in [3.8, 4) is 0 Å². The van der Waals surface area contributed by atoms with Crippen LogP contribution in [0, 0.1) is 12.8 Å². The van der Waals surface area contributed by atoms with Crippen LogP contribution in [0.5, 0.6) is 0 Å². The number of rotatable bonds is 6. The monoisotopic (exact) mass is 490 g/mol. The lowest BCUT2D eigenvalue weighted by Crippen LogP contribution is -2.52.